The van der Waals surface area contributed by atoms with E-state index >= 15 is 0 Å². The highest BCUT2D eigenvalue weighted by Gasteiger charge is 2.22. The SMILES string of the molecule is CCCCN(C(=O)C(C)C)c1nc(C=O)co1. The Morgan fingerprint density at radius 2 is 2.29 bits per heavy atom. The molecule has 1 aromatic heterocycles. The molecular formula is C12H18N2O3. The third kappa shape index (κ3) is 3.41. The summed E-state index contributed by atoms with van der Waals surface area (Å²) >= 11 is 0. The highest BCUT2D eigenvalue weighted by Crippen LogP contribution is 2.16. The van der Waals surface area contributed by atoms with E-state index < -0.39 is 0 Å². The van der Waals surface area contributed by atoms with Gasteiger partial charge in [0, 0.05) is 12.5 Å². The molecule has 17 heavy (non-hydrogen) atoms. The smallest absolute Gasteiger partial charge is 0.304 e. The van der Waals surface area contributed by atoms with Crippen LogP contribution in [0.15, 0.2) is 10.7 Å². The van der Waals surface area contributed by atoms with Gasteiger partial charge in [0.05, 0.1) is 0 Å². The van der Waals surface area contributed by atoms with Crippen molar-refractivity contribution >= 4 is 18.2 Å². The lowest BCUT2D eigenvalue weighted by atomic mass is 10.2. The molecule has 5 nitrogen and oxygen atoms in total. The van der Waals surface area contributed by atoms with Gasteiger partial charge in [-0.1, -0.05) is 27.2 Å². The number of unbranched alkanes of at least 4 members (excludes halogenated alkanes) is 1. The molecule has 5 heteroatoms. The van der Waals surface area contributed by atoms with Gasteiger partial charge < -0.3 is 4.42 Å². The molecule has 94 valence electrons. The van der Waals surface area contributed by atoms with Crippen LogP contribution in [0, 0.1) is 5.92 Å². The number of rotatable bonds is 6. The second kappa shape index (κ2) is 6.18. The Morgan fingerprint density at radius 3 is 2.76 bits per heavy atom. The zero-order valence-electron chi connectivity index (χ0n) is 10.5. The maximum Gasteiger partial charge on any atom is 0.304 e. The van der Waals surface area contributed by atoms with E-state index in [1.165, 1.54) is 11.2 Å². The second-order valence-corrected chi connectivity index (χ2v) is 4.17. The average molecular weight is 238 g/mol. The van der Waals surface area contributed by atoms with Crippen molar-refractivity contribution in [3.63, 3.8) is 0 Å². The first-order valence-electron chi connectivity index (χ1n) is 5.82. The van der Waals surface area contributed by atoms with E-state index in [-0.39, 0.29) is 23.5 Å². The number of hydrogen-bond acceptors (Lipinski definition) is 4. The highest BCUT2D eigenvalue weighted by atomic mass is 16.4. The Morgan fingerprint density at radius 1 is 1.59 bits per heavy atom. The Kier molecular flexibility index (Phi) is 4.87. The zero-order valence-corrected chi connectivity index (χ0v) is 10.5. The van der Waals surface area contributed by atoms with Gasteiger partial charge >= 0.3 is 6.01 Å². The summed E-state index contributed by atoms with van der Waals surface area (Å²) in [5.74, 6) is -0.170. The minimum Gasteiger partial charge on any atom is -0.431 e. The first-order chi connectivity index (χ1) is 8.10. The molecule has 0 saturated heterocycles. The van der Waals surface area contributed by atoms with Gasteiger partial charge in [-0.05, 0) is 6.42 Å². The lowest BCUT2D eigenvalue weighted by molar-refractivity contribution is -0.121. The van der Waals surface area contributed by atoms with E-state index in [1.54, 1.807) is 0 Å². The van der Waals surface area contributed by atoms with Crippen molar-refractivity contribution in [2.45, 2.75) is 33.6 Å². The summed E-state index contributed by atoms with van der Waals surface area (Å²) < 4.78 is 5.15. The zero-order chi connectivity index (χ0) is 12.8. The van der Waals surface area contributed by atoms with Crippen LogP contribution in [0.2, 0.25) is 0 Å². The average Bonchev–Trinajstić information content (AvgIpc) is 2.77. The van der Waals surface area contributed by atoms with Crippen molar-refractivity contribution in [1.29, 1.82) is 0 Å². The van der Waals surface area contributed by atoms with Gasteiger partial charge in [-0.3, -0.25) is 14.5 Å². The van der Waals surface area contributed by atoms with Crippen LogP contribution in [0.1, 0.15) is 44.1 Å². The molecule has 0 atom stereocenters. The van der Waals surface area contributed by atoms with E-state index in [0.29, 0.717) is 12.8 Å². The molecule has 0 aliphatic rings. The lowest BCUT2D eigenvalue weighted by Gasteiger charge is -2.20. The van der Waals surface area contributed by atoms with Crippen LogP contribution in [0.5, 0.6) is 0 Å². The van der Waals surface area contributed by atoms with Crippen molar-refractivity contribution in [2.75, 3.05) is 11.4 Å². The van der Waals surface area contributed by atoms with E-state index in [4.69, 9.17) is 4.42 Å². The number of carbonyl (C=O) groups excluding carboxylic acids is 2. The van der Waals surface area contributed by atoms with Gasteiger partial charge in [-0.25, -0.2) is 0 Å². The summed E-state index contributed by atoms with van der Waals surface area (Å²) in [6, 6.07) is 0.208. The molecule has 0 radical (unpaired) electrons. The number of aldehydes is 1. The molecule has 0 N–H and O–H groups in total. The monoisotopic (exact) mass is 238 g/mol. The standard InChI is InChI=1S/C12H18N2O3/c1-4-5-6-14(11(16)9(2)3)12-13-10(7-15)8-17-12/h7-9H,4-6H2,1-3H3. The van der Waals surface area contributed by atoms with Crippen molar-refractivity contribution in [3.05, 3.63) is 12.0 Å². The number of amides is 1. The maximum atomic E-state index is 12.0. The minimum atomic E-state index is -0.126. The van der Waals surface area contributed by atoms with Crippen molar-refractivity contribution in [2.24, 2.45) is 5.92 Å². The molecule has 1 amide bonds. The van der Waals surface area contributed by atoms with Gasteiger partial charge in [0.1, 0.15) is 12.0 Å². The maximum absolute atomic E-state index is 12.0. The summed E-state index contributed by atoms with van der Waals surface area (Å²) in [7, 11) is 0. The molecule has 0 unspecified atom stereocenters. The van der Waals surface area contributed by atoms with Crippen molar-refractivity contribution in [3.8, 4) is 0 Å². The molecule has 0 spiro atoms. The fourth-order valence-electron chi connectivity index (χ4n) is 1.38. The van der Waals surface area contributed by atoms with Crippen LogP contribution in [0.3, 0.4) is 0 Å². The molecule has 0 aliphatic heterocycles. The Labute approximate surface area is 101 Å². The summed E-state index contributed by atoms with van der Waals surface area (Å²) in [5, 5.41) is 0. The van der Waals surface area contributed by atoms with E-state index in [1.807, 2.05) is 20.8 Å². The molecular weight excluding hydrogens is 220 g/mol. The summed E-state index contributed by atoms with van der Waals surface area (Å²) in [5.41, 5.74) is 0.207. The van der Waals surface area contributed by atoms with E-state index in [0.717, 1.165) is 12.8 Å². The summed E-state index contributed by atoms with van der Waals surface area (Å²) in [4.78, 5) is 28.0. The van der Waals surface area contributed by atoms with Gasteiger partial charge in [0.2, 0.25) is 5.91 Å². The molecule has 1 heterocycles. The van der Waals surface area contributed by atoms with Gasteiger partial charge in [0.25, 0.3) is 0 Å². The predicted molar refractivity (Wildman–Crippen MR) is 64.0 cm³/mol. The fraction of sp³-hybridized carbons (Fsp3) is 0.583. The normalized spacial score (nSPS) is 10.6. The van der Waals surface area contributed by atoms with Gasteiger partial charge in [0.15, 0.2) is 6.29 Å². The first-order valence-corrected chi connectivity index (χ1v) is 5.82. The van der Waals surface area contributed by atoms with Crippen LogP contribution >= 0.6 is 0 Å². The molecule has 0 saturated carbocycles. The third-order valence-electron chi connectivity index (χ3n) is 2.36. The quantitative estimate of drug-likeness (QED) is 0.713. The van der Waals surface area contributed by atoms with E-state index in [2.05, 4.69) is 4.98 Å². The molecule has 0 aliphatic carbocycles. The van der Waals surface area contributed by atoms with Crippen LogP contribution < -0.4 is 4.90 Å². The summed E-state index contributed by atoms with van der Waals surface area (Å²) in [6.07, 6.45) is 3.71. The predicted octanol–water partition coefficient (Wildman–Crippen LogP) is 2.28. The third-order valence-corrected chi connectivity index (χ3v) is 2.36. The van der Waals surface area contributed by atoms with Crippen molar-refractivity contribution in [1.82, 2.24) is 4.98 Å². The summed E-state index contributed by atoms with van der Waals surface area (Å²) in [6.45, 7) is 6.26. The van der Waals surface area contributed by atoms with Crippen LogP contribution in [-0.4, -0.2) is 23.7 Å². The van der Waals surface area contributed by atoms with Gasteiger partial charge in [-0.15, -0.1) is 0 Å². The van der Waals surface area contributed by atoms with Crippen LogP contribution in [0.4, 0.5) is 6.01 Å². The Hall–Kier alpha value is -1.65. The van der Waals surface area contributed by atoms with Crippen LogP contribution in [-0.2, 0) is 4.79 Å². The first kappa shape index (κ1) is 13.4. The Balaban J connectivity index is 2.88. The molecule has 0 aromatic carbocycles. The number of nitrogens with zero attached hydrogens (tertiary/aromatic N) is 2. The number of anilines is 1. The number of carbonyl (C=O) groups is 2. The fourth-order valence-corrected chi connectivity index (χ4v) is 1.38. The number of aromatic nitrogens is 1. The number of oxazole rings is 1. The van der Waals surface area contributed by atoms with E-state index in [9.17, 15) is 9.59 Å². The highest BCUT2D eigenvalue weighted by molar-refractivity contribution is 5.92. The second-order valence-electron chi connectivity index (χ2n) is 4.17. The largest absolute Gasteiger partial charge is 0.431 e. The van der Waals surface area contributed by atoms with Gasteiger partial charge in [-0.2, -0.15) is 4.98 Å². The minimum absolute atomic E-state index is 0.0438. The van der Waals surface area contributed by atoms with Crippen LogP contribution in [0.25, 0.3) is 0 Å². The molecule has 0 fully saturated rings. The lowest BCUT2D eigenvalue weighted by Crippen LogP contribution is -2.35. The topological polar surface area (TPSA) is 63.4 Å². The molecule has 0 bridgehead atoms. The molecule has 1 aromatic rings. The molecule has 1 rings (SSSR count). The number of hydrogen-bond donors (Lipinski definition) is 0. The van der Waals surface area contributed by atoms with Crippen molar-refractivity contribution < 1.29 is 14.0 Å². The Bertz CT molecular complexity index is 385.